The third-order valence-corrected chi connectivity index (χ3v) is 6.10. The van der Waals surface area contributed by atoms with Crippen molar-refractivity contribution in [2.45, 2.75) is 31.6 Å². The van der Waals surface area contributed by atoms with Gasteiger partial charge in [-0.15, -0.1) is 0 Å². The molecular formula is C13H16N2O3S. The van der Waals surface area contributed by atoms with Crippen molar-refractivity contribution in [3.63, 3.8) is 0 Å². The van der Waals surface area contributed by atoms with Crippen molar-refractivity contribution in [3.05, 3.63) is 34.2 Å². The maximum atomic E-state index is 12.0. The number of hydrogen-bond acceptors (Lipinski definition) is 3. The third kappa shape index (κ3) is 2.00. The molecule has 1 N–H and O–H groups in total. The summed E-state index contributed by atoms with van der Waals surface area (Å²) in [6, 6.07) is 5.64. The summed E-state index contributed by atoms with van der Waals surface area (Å²) < 4.78 is 25.4. The van der Waals surface area contributed by atoms with E-state index in [1.54, 1.807) is 4.57 Å². The quantitative estimate of drug-likeness (QED) is 0.899. The van der Waals surface area contributed by atoms with Crippen molar-refractivity contribution in [1.82, 2.24) is 9.55 Å². The monoisotopic (exact) mass is 280 g/mol. The van der Waals surface area contributed by atoms with Gasteiger partial charge in [0.25, 0.3) is 0 Å². The first-order valence-corrected chi connectivity index (χ1v) is 8.10. The van der Waals surface area contributed by atoms with Crippen LogP contribution in [-0.4, -0.2) is 29.0 Å². The summed E-state index contributed by atoms with van der Waals surface area (Å²) in [4.78, 5) is 14.8. The van der Waals surface area contributed by atoms with Gasteiger partial charge in [0, 0.05) is 6.54 Å². The van der Waals surface area contributed by atoms with E-state index in [0.29, 0.717) is 12.8 Å². The van der Waals surface area contributed by atoms with E-state index in [4.69, 9.17) is 0 Å². The smallest absolute Gasteiger partial charge is 0.306 e. The van der Waals surface area contributed by atoms with Crippen LogP contribution >= 0.6 is 0 Å². The third-order valence-electron chi connectivity index (χ3n) is 3.84. The van der Waals surface area contributed by atoms with E-state index in [2.05, 4.69) is 4.98 Å². The van der Waals surface area contributed by atoms with Crippen molar-refractivity contribution in [1.29, 1.82) is 0 Å². The Labute approximate surface area is 111 Å². The summed E-state index contributed by atoms with van der Waals surface area (Å²) in [5.74, 6) is 0.244. The Morgan fingerprint density at radius 1 is 1.42 bits per heavy atom. The highest BCUT2D eigenvalue weighted by atomic mass is 32.2. The first-order valence-electron chi connectivity index (χ1n) is 6.39. The molecule has 0 amide bonds. The number of aromatic nitrogens is 2. The van der Waals surface area contributed by atoms with Gasteiger partial charge in [-0.3, -0.25) is 4.57 Å². The van der Waals surface area contributed by atoms with Gasteiger partial charge in [0.2, 0.25) is 0 Å². The summed E-state index contributed by atoms with van der Waals surface area (Å²) >= 11 is 0. The van der Waals surface area contributed by atoms with Crippen LogP contribution in [0.3, 0.4) is 0 Å². The summed E-state index contributed by atoms with van der Waals surface area (Å²) in [5.41, 5.74) is 2.33. The Balaban J connectivity index is 2.11. The molecule has 0 spiro atoms. The van der Waals surface area contributed by atoms with Crippen LogP contribution in [0, 0.1) is 6.92 Å². The normalized spacial score (nSPS) is 22.1. The maximum absolute atomic E-state index is 12.0. The molecule has 1 aromatic carbocycles. The Morgan fingerprint density at radius 2 is 2.21 bits per heavy atom. The number of nitrogens with one attached hydrogen (secondary N) is 1. The fourth-order valence-electron chi connectivity index (χ4n) is 2.84. The molecule has 1 atom stereocenters. The Hall–Kier alpha value is -1.56. The number of benzene rings is 1. The van der Waals surface area contributed by atoms with Gasteiger partial charge in [-0.25, -0.2) is 13.2 Å². The van der Waals surface area contributed by atoms with Crippen LogP contribution in [0.4, 0.5) is 0 Å². The predicted octanol–water partition coefficient (Wildman–Crippen LogP) is 1.22. The molecule has 1 fully saturated rings. The molecule has 1 unspecified atom stereocenters. The van der Waals surface area contributed by atoms with Crippen LogP contribution in [0.25, 0.3) is 11.0 Å². The fourth-order valence-corrected chi connectivity index (χ4v) is 4.65. The molecule has 5 nitrogen and oxygen atoms in total. The molecule has 1 aliphatic rings. The van der Waals surface area contributed by atoms with Gasteiger partial charge in [0.15, 0.2) is 9.84 Å². The van der Waals surface area contributed by atoms with E-state index in [-0.39, 0.29) is 18.0 Å². The topological polar surface area (TPSA) is 71.9 Å². The molecule has 2 heterocycles. The summed E-state index contributed by atoms with van der Waals surface area (Å²) in [6.07, 6.45) is 1.34. The molecule has 0 aliphatic carbocycles. The van der Waals surface area contributed by atoms with Gasteiger partial charge in [-0.05, 0) is 31.4 Å². The van der Waals surface area contributed by atoms with Crippen LogP contribution in [-0.2, 0) is 16.4 Å². The first-order chi connectivity index (χ1) is 8.99. The zero-order valence-corrected chi connectivity index (χ0v) is 11.5. The molecule has 3 rings (SSSR count). The zero-order chi connectivity index (χ0) is 13.6. The summed E-state index contributed by atoms with van der Waals surface area (Å²) in [5, 5.41) is -0.427. The van der Waals surface area contributed by atoms with Gasteiger partial charge in [0.1, 0.15) is 0 Å². The number of sulfone groups is 1. The summed E-state index contributed by atoms with van der Waals surface area (Å²) in [7, 11) is -3.04. The van der Waals surface area contributed by atoms with Gasteiger partial charge < -0.3 is 4.98 Å². The molecular weight excluding hydrogens is 264 g/mol. The van der Waals surface area contributed by atoms with Crippen LogP contribution in [0.2, 0.25) is 0 Å². The van der Waals surface area contributed by atoms with Crippen molar-refractivity contribution < 1.29 is 8.42 Å². The van der Waals surface area contributed by atoms with E-state index in [1.165, 1.54) is 0 Å². The molecule has 1 aliphatic heterocycles. The molecule has 0 radical (unpaired) electrons. The predicted molar refractivity (Wildman–Crippen MR) is 74.1 cm³/mol. The number of rotatable bonds is 2. The van der Waals surface area contributed by atoms with E-state index >= 15 is 0 Å². The largest absolute Gasteiger partial charge is 0.326 e. The van der Waals surface area contributed by atoms with Gasteiger partial charge in [-0.1, -0.05) is 12.1 Å². The average molecular weight is 280 g/mol. The second kappa shape index (κ2) is 4.23. The van der Waals surface area contributed by atoms with E-state index in [0.717, 1.165) is 16.6 Å². The van der Waals surface area contributed by atoms with E-state index < -0.39 is 15.1 Å². The van der Waals surface area contributed by atoms with Gasteiger partial charge >= 0.3 is 5.69 Å². The lowest BCUT2D eigenvalue weighted by Gasteiger charge is -2.11. The van der Waals surface area contributed by atoms with Crippen LogP contribution in [0.5, 0.6) is 0 Å². The molecule has 1 saturated heterocycles. The molecule has 1 aromatic heterocycles. The van der Waals surface area contributed by atoms with Crippen molar-refractivity contribution in [3.8, 4) is 0 Å². The second-order valence-corrected chi connectivity index (χ2v) is 7.54. The lowest BCUT2D eigenvalue weighted by molar-refractivity contribution is 0.565. The molecule has 6 heteroatoms. The first kappa shape index (κ1) is 12.5. The number of imidazole rings is 1. The second-order valence-electron chi connectivity index (χ2n) is 5.14. The number of H-pyrrole nitrogens is 1. The number of aromatic amines is 1. The van der Waals surface area contributed by atoms with Crippen LogP contribution < -0.4 is 5.69 Å². The minimum atomic E-state index is -3.04. The highest BCUT2D eigenvalue weighted by Gasteiger charge is 2.32. The number of nitrogens with zero attached hydrogens (tertiary/aromatic N) is 1. The maximum Gasteiger partial charge on any atom is 0.326 e. The van der Waals surface area contributed by atoms with Crippen molar-refractivity contribution in [2.24, 2.45) is 0 Å². The minimum absolute atomic E-state index is 0.230. The number of para-hydroxylation sites is 1. The molecule has 0 bridgehead atoms. The SMILES string of the molecule is Cc1cccc2[nH]c(=O)n(CC3CCCS3(=O)=O)c12. The Morgan fingerprint density at radius 3 is 2.89 bits per heavy atom. The van der Waals surface area contributed by atoms with E-state index in [1.807, 2.05) is 25.1 Å². The van der Waals surface area contributed by atoms with Gasteiger partial charge in [-0.2, -0.15) is 0 Å². The zero-order valence-electron chi connectivity index (χ0n) is 10.7. The molecule has 0 saturated carbocycles. The molecule has 2 aromatic rings. The van der Waals surface area contributed by atoms with E-state index in [9.17, 15) is 13.2 Å². The lowest BCUT2D eigenvalue weighted by Crippen LogP contribution is -2.28. The average Bonchev–Trinajstić information content (AvgIpc) is 2.82. The highest BCUT2D eigenvalue weighted by molar-refractivity contribution is 7.92. The van der Waals surface area contributed by atoms with Crippen molar-refractivity contribution in [2.75, 3.05) is 5.75 Å². The molecule has 102 valence electrons. The number of aryl methyl sites for hydroxylation is 1. The summed E-state index contributed by atoms with van der Waals surface area (Å²) in [6.45, 7) is 2.18. The fraction of sp³-hybridized carbons (Fsp3) is 0.462. The van der Waals surface area contributed by atoms with Gasteiger partial charge in [0.05, 0.1) is 22.0 Å². The molecule has 19 heavy (non-hydrogen) atoms. The van der Waals surface area contributed by atoms with Crippen molar-refractivity contribution >= 4 is 20.9 Å². The Kier molecular flexibility index (Phi) is 2.78. The van der Waals surface area contributed by atoms with Crippen LogP contribution in [0.15, 0.2) is 23.0 Å². The highest BCUT2D eigenvalue weighted by Crippen LogP contribution is 2.23. The minimum Gasteiger partial charge on any atom is -0.306 e. The lowest BCUT2D eigenvalue weighted by atomic mass is 10.2. The van der Waals surface area contributed by atoms with Crippen LogP contribution in [0.1, 0.15) is 18.4 Å². The number of hydrogen-bond donors (Lipinski definition) is 1. The Bertz CT molecular complexity index is 786. The number of fused-ring (bicyclic) bond motifs is 1. The standard InChI is InChI=1S/C13H16N2O3S/c1-9-4-2-6-11-12(9)15(13(16)14-11)8-10-5-3-7-19(10,17)18/h2,4,6,10H,3,5,7-8H2,1H3,(H,14,16).